The van der Waals surface area contributed by atoms with Gasteiger partial charge in [-0.25, -0.2) is 9.59 Å². The molecule has 0 aliphatic rings. The summed E-state index contributed by atoms with van der Waals surface area (Å²) >= 11 is 21.1. The van der Waals surface area contributed by atoms with Gasteiger partial charge in [-0.1, -0.05) is 47.5 Å². The number of para-hydroxylation sites is 2. The highest BCUT2D eigenvalue weighted by Gasteiger charge is 2.09. The van der Waals surface area contributed by atoms with E-state index in [9.17, 15) is 9.59 Å². The quantitative estimate of drug-likeness (QED) is 0.447. The van der Waals surface area contributed by atoms with Crippen molar-refractivity contribution in [1.82, 2.24) is 10.6 Å². The molecule has 12 heteroatoms. The zero-order chi connectivity index (χ0) is 22.5. The summed E-state index contributed by atoms with van der Waals surface area (Å²) in [6, 6.07) is 14.1. The van der Waals surface area contributed by atoms with Crippen LogP contribution in [0.1, 0.15) is 0 Å². The van der Waals surface area contributed by atoms with Crippen molar-refractivity contribution < 1.29 is 19.1 Å². The molecular weight excluding hydrogens is 471 g/mol. The van der Waals surface area contributed by atoms with Crippen LogP contribution in [0.5, 0.6) is 0 Å². The van der Waals surface area contributed by atoms with Gasteiger partial charge in [-0.05, 0) is 48.7 Å². The Morgan fingerprint density at radius 3 is 1.37 bits per heavy atom. The van der Waals surface area contributed by atoms with Crippen LogP contribution in [0.15, 0.2) is 48.5 Å². The highest BCUT2D eigenvalue weighted by atomic mass is 35.5. The summed E-state index contributed by atoms with van der Waals surface area (Å²) < 4.78 is 8.87. The third-order valence-electron chi connectivity index (χ3n) is 3.05. The second-order valence-corrected chi connectivity index (χ2v) is 6.73. The number of halogens is 2. The van der Waals surface area contributed by atoms with Crippen molar-refractivity contribution in [3.8, 4) is 0 Å². The average molecular weight is 489 g/mol. The molecule has 0 saturated carbocycles. The normalized spacial score (nSPS) is 9.20. The molecule has 0 unspecified atom stereocenters. The number of rotatable bonds is 2. The maximum absolute atomic E-state index is 11.1. The van der Waals surface area contributed by atoms with Gasteiger partial charge in [0.15, 0.2) is 10.2 Å². The highest BCUT2D eigenvalue weighted by molar-refractivity contribution is 7.80. The van der Waals surface area contributed by atoms with E-state index in [-0.39, 0.29) is 10.2 Å². The predicted octanol–water partition coefficient (Wildman–Crippen LogP) is 4.79. The Bertz CT molecular complexity index is 843. The molecule has 0 radical (unpaired) electrons. The molecule has 0 saturated heterocycles. The Kier molecular flexibility index (Phi) is 11.5. The van der Waals surface area contributed by atoms with Crippen molar-refractivity contribution in [3.63, 3.8) is 0 Å². The molecule has 0 atom stereocenters. The van der Waals surface area contributed by atoms with Gasteiger partial charge in [0, 0.05) is 0 Å². The monoisotopic (exact) mass is 488 g/mol. The minimum Gasteiger partial charge on any atom is -0.453 e. The lowest BCUT2D eigenvalue weighted by molar-refractivity contribution is 0.176. The van der Waals surface area contributed by atoms with Gasteiger partial charge < -0.3 is 20.1 Å². The van der Waals surface area contributed by atoms with E-state index in [1.54, 1.807) is 36.4 Å². The van der Waals surface area contributed by atoms with Crippen LogP contribution in [0, 0.1) is 0 Å². The summed E-state index contributed by atoms with van der Waals surface area (Å²) in [4.78, 5) is 22.1. The van der Waals surface area contributed by atoms with Crippen molar-refractivity contribution >= 4 is 81.4 Å². The summed E-state index contributed by atoms with van der Waals surface area (Å²) in [5.74, 6) is 0. The van der Waals surface area contributed by atoms with Crippen LogP contribution in [-0.4, -0.2) is 36.6 Å². The Balaban J connectivity index is 0.000000467. The third-order valence-corrected chi connectivity index (χ3v) is 4.21. The number of carbonyl (C=O) groups excluding carboxylic acids is 2. The van der Waals surface area contributed by atoms with Crippen LogP contribution in [0.25, 0.3) is 0 Å². The van der Waals surface area contributed by atoms with Gasteiger partial charge in [-0.3, -0.25) is 10.6 Å². The first-order valence-electron chi connectivity index (χ1n) is 8.07. The lowest BCUT2D eigenvalue weighted by Crippen LogP contribution is -2.35. The average Bonchev–Trinajstić information content (AvgIpc) is 2.71. The van der Waals surface area contributed by atoms with E-state index in [0.717, 1.165) is 0 Å². The van der Waals surface area contributed by atoms with E-state index in [4.69, 9.17) is 47.6 Å². The SMILES string of the molecule is COC(=O)NC(=S)Nc1ccccc1NC(=S)NC(=O)OC.Clc1ccccc1Cl. The Hall–Kier alpha value is -2.66. The number of benzene rings is 2. The number of methoxy groups -OCH3 is 2. The number of amides is 2. The molecular formula is C18H18Cl2N4O4S2. The summed E-state index contributed by atoms with van der Waals surface area (Å²) in [7, 11) is 2.45. The molecule has 0 aliphatic carbocycles. The van der Waals surface area contributed by atoms with E-state index in [1.165, 1.54) is 14.2 Å². The number of thiocarbonyl (C=S) groups is 2. The topological polar surface area (TPSA) is 101 Å². The molecule has 30 heavy (non-hydrogen) atoms. The summed E-state index contributed by atoms with van der Waals surface area (Å²) in [5, 5.41) is 11.5. The number of ether oxygens (including phenoxy) is 2. The highest BCUT2D eigenvalue weighted by Crippen LogP contribution is 2.21. The lowest BCUT2D eigenvalue weighted by atomic mass is 10.2. The fourth-order valence-electron chi connectivity index (χ4n) is 1.73. The van der Waals surface area contributed by atoms with Crippen molar-refractivity contribution in [2.24, 2.45) is 0 Å². The minimum absolute atomic E-state index is 0.0490. The molecule has 0 bridgehead atoms. The number of nitrogens with one attached hydrogen (secondary N) is 4. The number of carbonyl (C=O) groups is 2. The maximum atomic E-state index is 11.1. The maximum Gasteiger partial charge on any atom is 0.413 e. The van der Waals surface area contributed by atoms with Gasteiger partial charge in [0.1, 0.15) is 0 Å². The molecule has 2 aromatic rings. The van der Waals surface area contributed by atoms with E-state index in [0.29, 0.717) is 21.4 Å². The number of anilines is 2. The van der Waals surface area contributed by atoms with Crippen LogP contribution in [0.2, 0.25) is 10.0 Å². The molecule has 8 nitrogen and oxygen atoms in total. The number of hydrogen-bond acceptors (Lipinski definition) is 6. The Morgan fingerprint density at radius 1 is 0.733 bits per heavy atom. The van der Waals surface area contributed by atoms with Crippen molar-refractivity contribution in [2.75, 3.05) is 24.9 Å². The lowest BCUT2D eigenvalue weighted by Gasteiger charge is -2.15. The van der Waals surface area contributed by atoms with Gasteiger partial charge in [-0.15, -0.1) is 0 Å². The standard InChI is InChI=1S/C12H14N4O4S2.C6H4Cl2/c1-19-11(17)15-9(21)13-7-5-3-4-6-8(7)14-10(22)16-12(18)20-2;7-5-3-1-2-4-6(5)8/h3-6H,1-2H3,(H2,13,15,17,21)(H2,14,16,18,22);1-4H. The van der Waals surface area contributed by atoms with Gasteiger partial charge in [0.2, 0.25) is 0 Å². The molecule has 4 N–H and O–H groups in total. The smallest absolute Gasteiger partial charge is 0.413 e. The molecule has 0 fully saturated rings. The summed E-state index contributed by atoms with van der Waals surface area (Å²) in [6.07, 6.45) is -1.38. The van der Waals surface area contributed by atoms with Crippen LogP contribution >= 0.6 is 47.6 Å². The molecule has 2 aromatic carbocycles. The predicted molar refractivity (Wildman–Crippen MR) is 126 cm³/mol. The van der Waals surface area contributed by atoms with Crippen LogP contribution < -0.4 is 21.3 Å². The molecule has 160 valence electrons. The second kappa shape index (κ2) is 13.5. The van der Waals surface area contributed by atoms with Gasteiger partial charge in [-0.2, -0.15) is 0 Å². The molecule has 2 rings (SSSR count). The largest absolute Gasteiger partial charge is 0.453 e. The molecule has 0 spiro atoms. The van der Waals surface area contributed by atoms with E-state index >= 15 is 0 Å². The van der Waals surface area contributed by atoms with Crippen LogP contribution in [-0.2, 0) is 9.47 Å². The van der Waals surface area contributed by atoms with Gasteiger partial charge in [0.05, 0.1) is 35.6 Å². The van der Waals surface area contributed by atoms with Crippen LogP contribution in [0.3, 0.4) is 0 Å². The fraction of sp³-hybridized carbons (Fsp3) is 0.111. The first-order chi connectivity index (χ1) is 14.3. The van der Waals surface area contributed by atoms with E-state index in [1.807, 2.05) is 12.1 Å². The van der Waals surface area contributed by atoms with Gasteiger partial charge >= 0.3 is 12.2 Å². The zero-order valence-corrected chi connectivity index (χ0v) is 19.0. The third kappa shape index (κ3) is 9.70. The first kappa shape index (κ1) is 25.4. The van der Waals surface area contributed by atoms with Crippen molar-refractivity contribution in [3.05, 3.63) is 58.6 Å². The molecule has 2 amide bonds. The minimum atomic E-state index is -0.689. The second-order valence-electron chi connectivity index (χ2n) is 5.10. The number of alkyl carbamates (subject to hydrolysis) is 2. The van der Waals surface area contributed by atoms with E-state index < -0.39 is 12.2 Å². The summed E-state index contributed by atoms with van der Waals surface area (Å²) in [5.41, 5.74) is 1.08. The molecule has 0 aliphatic heterocycles. The molecule has 0 heterocycles. The fourth-order valence-corrected chi connectivity index (χ4v) is 2.39. The van der Waals surface area contributed by atoms with Crippen molar-refractivity contribution in [1.29, 1.82) is 0 Å². The zero-order valence-electron chi connectivity index (χ0n) is 15.8. The van der Waals surface area contributed by atoms with Gasteiger partial charge in [0.25, 0.3) is 0 Å². The first-order valence-corrected chi connectivity index (χ1v) is 9.65. The van der Waals surface area contributed by atoms with Crippen molar-refractivity contribution in [2.45, 2.75) is 0 Å². The Morgan fingerprint density at radius 2 is 1.07 bits per heavy atom. The Labute approximate surface area is 194 Å². The van der Waals surface area contributed by atoms with E-state index in [2.05, 4.69) is 30.7 Å². The van der Waals surface area contributed by atoms with Crippen LogP contribution in [0.4, 0.5) is 21.0 Å². The number of hydrogen-bond donors (Lipinski definition) is 4. The molecule has 0 aromatic heterocycles. The summed E-state index contributed by atoms with van der Waals surface area (Å²) in [6.45, 7) is 0.